The van der Waals surface area contributed by atoms with Gasteiger partial charge in [-0.05, 0) is 30.9 Å². The van der Waals surface area contributed by atoms with Crippen LogP contribution in [0.3, 0.4) is 0 Å². The van der Waals surface area contributed by atoms with Crippen LogP contribution in [-0.4, -0.2) is 27.2 Å². The Bertz CT molecular complexity index is 491. The minimum absolute atomic E-state index is 0.230. The number of halogens is 1. The van der Waals surface area contributed by atoms with Crippen molar-refractivity contribution in [1.82, 2.24) is 10.2 Å². The molecule has 0 aromatic carbocycles. The number of carbonyl (C=O) groups excluding carboxylic acids is 1. The van der Waals surface area contributed by atoms with Crippen molar-refractivity contribution in [2.75, 3.05) is 5.32 Å². The first-order valence-electron chi connectivity index (χ1n) is 6.00. The minimum Gasteiger partial charge on any atom is -0.481 e. The highest BCUT2D eigenvalue weighted by atomic mass is 35.5. The van der Waals surface area contributed by atoms with Crippen LogP contribution in [0.4, 0.5) is 5.82 Å². The molecule has 0 bridgehead atoms. The summed E-state index contributed by atoms with van der Waals surface area (Å²) < 4.78 is 0. The van der Waals surface area contributed by atoms with Gasteiger partial charge in [-0.2, -0.15) is 0 Å². The van der Waals surface area contributed by atoms with Gasteiger partial charge in [-0.3, -0.25) is 9.59 Å². The summed E-state index contributed by atoms with van der Waals surface area (Å²) in [6.07, 6.45) is 1.10. The summed E-state index contributed by atoms with van der Waals surface area (Å²) in [6, 6.07) is 3.04. The second-order valence-corrected chi connectivity index (χ2v) is 5.25. The fourth-order valence-corrected chi connectivity index (χ4v) is 2.56. The van der Waals surface area contributed by atoms with E-state index in [1.165, 1.54) is 12.1 Å². The average molecular weight is 284 g/mol. The molecule has 1 aliphatic rings. The Kier molecular flexibility index (Phi) is 3.99. The lowest BCUT2D eigenvalue weighted by Crippen LogP contribution is -2.30. The molecule has 0 aliphatic heterocycles. The molecule has 3 atom stereocenters. The molecule has 2 rings (SSSR count). The summed E-state index contributed by atoms with van der Waals surface area (Å²) in [4.78, 5) is 23.2. The van der Waals surface area contributed by atoms with Gasteiger partial charge in [0.05, 0.1) is 11.8 Å². The van der Waals surface area contributed by atoms with Gasteiger partial charge in [-0.1, -0.05) is 18.5 Å². The number of hydrogen-bond acceptors (Lipinski definition) is 4. The highest BCUT2D eigenvalue weighted by Crippen LogP contribution is 2.37. The number of anilines is 1. The first kappa shape index (κ1) is 13.7. The smallest absolute Gasteiger partial charge is 0.307 e. The van der Waals surface area contributed by atoms with Crippen molar-refractivity contribution in [3.63, 3.8) is 0 Å². The molecule has 2 N–H and O–H groups in total. The lowest BCUT2D eigenvalue weighted by Gasteiger charge is -2.14. The predicted octanol–water partition coefficient (Wildman–Crippen LogP) is 1.82. The number of carboxylic acids is 1. The van der Waals surface area contributed by atoms with Gasteiger partial charge in [0.2, 0.25) is 5.91 Å². The number of rotatable bonds is 3. The fourth-order valence-electron chi connectivity index (χ4n) is 2.46. The third-order valence-corrected chi connectivity index (χ3v) is 3.54. The van der Waals surface area contributed by atoms with Crippen LogP contribution < -0.4 is 5.32 Å². The van der Waals surface area contributed by atoms with Gasteiger partial charge >= 0.3 is 5.97 Å². The summed E-state index contributed by atoms with van der Waals surface area (Å²) >= 11 is 5.60. The van der Waals surface area contributed by atoms with Crippen molar-refractivity contribution in [3.05, 3.63) is 17.3 Å². The van der Waals surface area contributed by atoms with Crippen LogP contribution in [0.25, 0.3) is 0 Å². The number of amides is 1. The van der Waals surface area contributed by atoms with E-state index in [1.54, 1.807) is 0 Å². The molecule has 102 valence electrons. The normalized spacial score (nSPS) is 26.1. The van der Waals surface area contributed by atoms with E-state index in [-0.39, 0.29) is 22.8 Å². The number of aromatic nitrogens is 2. The van der Waals surface area contributed by atoms with Crippen LogP contribution >= 0.6 is 11.6 Å². The fraction of sp³-hybridized carbons (Fsp3) is 0.500. The highest BCUT2D eigenvalue weighted by Gasteiger charge is 2.41. The Morgan fingerprint density at radius 2 is 2.00 bits per heavy atom. The second-order valence-electron chi connectivity index (χ2n) is 4.86. The van der Waals surface area contributed by atoms with Crippen molar-refractivity contribution in [2.24, 2.45) is 17.8 Å². The van der Waals surface area contributed by atoms with Gasteiger partial charge in [-0.15, -0.1) is 10.2 Å². The van der Waals surface area contributed by atoms with Gasteiger partial charge in [0, 0.05) is 0 Å². The zero-order valence-corrected chi connectivity index (χ0v) is 11.1. The Morgan fingerprint density at radius 3 is 2.58 bits per heavy atom. The molecule has 1 aliphatic carbocycles. The lowest BCUT2D eigenvalue weighted by molar-refractivity contribution is -0.145. The van der Waals surface area contributed by atoms with Crippen LogP contribution in [0.1, 0.15) is 19.8 Å². The van der Waals surface area contributed by atoms with Crippen LogP contribution in [0.5, 0.6) is 0 Å². The number of carboxylic acid groups (broad SMARTS) is 1. The van der Waals surface area contributed by atoms with E-state index in [4.69, 9.17) is 16.7 Å². The summed E-state index contributed by atoms with van der Waals surface area (Å²) in [5.41, 5.74) is 0. The van der Waals surface area contributed by atoms with Crippen LogP contribution in [-0.2, 0) is 9.59 Å². The molecule has 1 amide bonds. The first-order valence-corrected chi connectivity index (χ1v) is 6.38. The Balaban J connectivity index is 2.06. The van der Waals surface area contributed by atoms with Gasteiger partial charge in [0.15, 0.2) is 11.0 Å². The monoisotopic (exact) mass is 283 g/mol. The van der Waals surface area contributed by atoms with Gasteiger partial charge in [0.1, 0.15) is 0 Å². The van der Waals surface area contributed by atoms with Gasteiger partial charge in [0.25, 0.3) is 0 Å². The van der Waals surface area contributed by atoms with Crippen molar-refractivity contribution >= 4 is 29.3 Å². The van der Waals surface area contributed by atoms with E-state index >= 15 is 0 Å². The van der Waals surface area contributed by atoms with E-state index in [0.29, 0.717) is 12.8 Å². The maximum Gasteiger partial charge on any atom is 0.307 e. The molecular formula is C12H14ClN3O3. The van der Waals surface area contributed by atoms with Crippen molar-refractivity contribution in [3.8, 4) is 0 Å². The quantitative estimate of drug-likeness (QED) is 0.883. The molecule has 0 saturated heterocycles. The molecule has 0 spiro atoms. The van der Waals surface area contributed by atoms with E-state index in [9.17, 15) is 9.59 Å². The largest absolute Gasteiger partial charge is 0.481 e. The third-order valence-electron chi connectivity index (χ3n) is 3.34. The Morgan fingerprint density at radius 1 is 1.32 bits per heavy atom. The molecular weight excluding hydrogens is 270 g/mol. The van der Waals surface area contributed by atoms with Crippen molar-refractivity contribution < 1.29 is 14.7 Å². The van der Waals surface area contributed by atoms with Crippen LogP contribution in [0.2, 0.25) is 5.15 Å². The topological polar surface area (TPSA) is 92.2 Å². The van der Waals surface area contributed by atoms with E-state index < -0.39 is 17.8 Å². The number of nitrogens with zero attached hydrogens (tertiary/aromatic N) is 2. The maximum absolute atomic E-state index is 12.1. The first-order chi connectivity index (χ1) is 8.97. The standard InChI is InChI=1S/C12H14ClN3O3/c1-6-4-7(8(5-6)12(18)19)11(17)14-10-3-2-9(13)15-16-10/h2-3,6-8H,4-5H2,1H3,(H,18,19)(H,14,16,17)/t6?,7-,8+/m0/s1. The number of nitrogens with one attached hydrogen (secondary N) is 1. The second kappa shape index (κ2) is 5.52. The predicted molar refractivity (Wildman–Crippen MR) is 68.7 cm³/mol. The highest BCUT2D eigenvalue weighted by molar-refractivity contribution is 6.29. The SMILES string of the molecule is CC1C[C@H](C(=O)Nc2ccc(Cl)nn2)[C@H](C(=O)O)C1. The van der Waals surface area contributed by atoms with E-state index in [1.807, 2.05) is 6.92 Å². The zero-order chi connectivity index (χ0) is 14.0. The Hall–Kier alpha value is -1.69. The summed E-state index contributed by atoms with van der Waals surface area (Å²) in [5, 5.41) is 19.3. The lowest BCUT2D eigenvalue weighted by atomic mass is 9.95. The van der Waals surface area contributed by atoms with Crippen LogP contribution in [0.15, 0.2) is 12.1 Å². The molecule has 7 heteroatoms. The average Bonchev–Trinajstić information content (AvgIpc) is 2.74. The van der Waals surface area contributed by atoms with Crippen molar-refractivity contribution in [1.29, 1.82) is 0 Å². The zero-order valence-electron chi connectivity index (χ0n) is 10.3. The molecule has 6 nitrogen and oxygen atoms in total. The number of hydrogen-bond donors (Lipinski definition) is 2. The molecule has 0 radical (unpaired) electrons. The molecule has 1 heterocycles. The van der Waals surface area contributed by atoms with E-state index in [2.05, 4.69) is 15.5 Å². The van der Waals surface area contributed by atoms with Gasteiger partial charge < -0.3 is 10.4 Å². The molecule has 19 heavy (non-hydrogen) atoms. The summed E-state index contributed by atoms with van der Waals surface area (Å²) in [5.74, 6) is -1.90. The van der Waals surface area contributed by atoms with Gasteiger partial charge in [-0.25, -0.2) is 0 Å². The molecule has 1 aromatic rings. The summed E-state index contributed by atoms with van der Waals surface area (Å²) in [6.45, 7) is 1.95. The summed E-state index contributed by atoms with van der Waals surface area (Å²) in [7, 11) is 0. The Labute approximate surface area is 115 Å². The van der Waals surface area contributed by atoms with E-state index in [0.717, 1.165) is 0 Å². The number of carbonyl (C=O) groups is 2. The molecule has 1 fully saturated rings. The number of aliphatic carboxylic acids is 1. The van der Waals surface area contributed by atoms with Crippen molar-refractivity contribution in [2.45, 2.75) is 19.8 Å². The van der Waals surface area contributed by atoms with Crippen LogP contribution in [0, 0.1) is 17.8 Å². The maximum atomic E-state index is 12.1. The third kappa shape index (κ3) is 3.20. The molecule has 1 aromatic heterocycles. The molecule has 1 saturated carbocycles. The minimum atomic E-state index is -0.924. The molecule has 1 unspecified atom stereocenters.